The standard InChI is InChI=1S/C8H12O3/c1-3-4-5-7(11-2)6-8(9)10/h3-5,7H,1,6H2,2H3,(H,9,10)/b5-4+. The van der Waals surface area contributed by atoms with Crippen LogP contribution in [0.3, 0.4) is 0 Å². The van der Waals surface area contributed by atoms with E-state index in [4.69, 9.17) is 9.84 Å². The van der Waals surface area contributed by atoms with Crippen molar-refractivity contribution in [2.45, 2.75) is 12.5 Å². The lowest BCUT2D eigenvalue weighted by Crippen LogP contribution is -2.12. The molecule has 1 atom stereocenters. The summed E-state index contributed by atoms with van der Waals surface area (Å²) in [4.78, 5) is 10.2. The second-order valence-electron chi connectivity index (χ2n) is 1.99. The average Bonchev–Trinajstić information content (AvgIpc) is 1.97. The van der Waals surface area contributed by atoms with Gasteiger partial charge in [-0.05, 0) is 0 Å². The van der Waals surface area contributed by atoms with Crippen LogP contribution in [0.25, 0.3) is 0 Å². The third kappa shape index (κ3) is 5.36. The molecule has 0 amide bonds. The van der Waals surface area contributed by atoms with Crippen molar-refractivity contribution in [3.63, 3.8) is 0 Å². The number of aliphatic carboxylic acids is 1. The van der Waals surface area contributed by atoms with Gasteiger partial charge in [-0.1, -0.05) is 24.8 Å². The van der Waals surface area contributed by atoms with Crippen molar-refractivity contribution in [3.05, 3.63) is 24.8 Å². The Bertz CT molecular complexity index is 161. The fourth-order valence-corrected chi connectivity index (χ4v) is 0.605. The van der Waals surface area contributed by atoms with E-state index in [1.807, 2.05) is 0 Å². The van der Waals surface area contributed by atoms with Gasteiger partial charge in [0.05, 0.1) is 12.5 Å². The van der Waals surface area contributed by atoms with Gasteiger partial charge >= 0.3 is 5.97 Å². The lowest BCUT2D eigenvalue weighted by molar-refractivity contribution is -0.138. The predicted molar refractivity (Wildman–Crippen MR) is 42.4 cm³/mol. The number of rotatable bonds is 5. The van der Waals surface area contributed by atoms with Gasteiger partial charge in [-0.25, -0.2) is 0 Å². The number of ether oxygens (including phenoxy) is 1. The number of carboxylic acid groups (broad SMARTS) is 1. The molecule has 0 spiro atoms. The first-order valence-electron chi connectivity index (χ1n) is 3.24. The summed E-state index contributed by atoms with van der Waals surface area (Å²) < 4.78 is 4.85. The topological polar surface area (TPSA) is 46.5 Å². The Balaban J connectivity index is 3.84. The van der Waals surface area contributed by atoms with Crippen molar-refractivity contribution in [1.82, 2.24) is 0 Å². The van der Waals surface area contributed by atoms with Gasteiger partial charge in [0.25, 0.3) is 0 Å². The molecule has 3 heteroatoms. The molecule has 0 bridgehead atoms. The molecule has 0 aliphatic carbocycles. The molecule has 0 saturated heterocycles. The fourth-order valence-electron chi connectivity index (χ4n) is 0.605. The van der Waals surface area contributed by atoms with E-state index in [9.17, 15) is 4.79 Å². The molecule has 0 heterocycles. The minimum atomic E-state index is -0.870. The Morgan fingerprint density at radius 2 is 2.45 bits per heavy atom. The predicted octanol–water partition coefficient (Wildman–Crippen LogP) is 1.22. The maximum Gasteiger partial charge on any atom is 0.306 e. The van der Waals surface area contributed by atoms with E-state index in [1.54, 1.807) is 18.2 Å². The van der Waals surface area contributed by atoms with Gasteiger partial charge in [0.1, 0.15) is 0 Å². The van der Waals surface area contributed by atoms with Crippen LogP contribution in [0.2, 0.25) is 0 Å². The normalized spacial score (nSPS) is 13.2. The van der Waals surface area contributed by atoms with Crippen molar-refractivity contribution in [2.24, 2.45) is 0 Å². The molecule has 3 nitrogen and oxygen atoms in total. The minimum Gasteiger partial charge on any atom is -0.481 e. The smallest absolute Gasteiger partial charge is 0.306 e. The lowest BCUT2D eigenvalue weighted by atomic mass is 10.2. The number of allylic oxidation sites excluding steroid dienone is 2. The quantitative estimate of drug-likeness (QED) is 0.609. The van der Waals surface area contributed by atoms with Crippen molar-refractivity contribution in [2.75, 3.05) is 7.11 Å². The van der Waals surface area contributed by atoms with Crippen LogP contribution in [0.4, 0.5) is 0 Å². The molecule has 0 fully saturated rings. The maximum absolute atomic E-state index is 10.2. The average molecular weight is 156 g/mol. The van der Waals surface area contributed by atoms with E-state index in [1.165, 1.54) is 7.11 Å². The second-order valence-corrected chi connectivity index (χ2v) is 1.99. The summed E-state index contributed by atoms with van der Waals surface area (Å²) in [5.41, 5.74) is 0. The molecule has 0 saturated carbocycles. The summed E-state index contributed by atoms with van der Waals surface area (Å²) in [7, 11) is 1.47. The van der Waals surface area contributed by atoms with E-state index in [0.717, 1.165) is 0 Å². The number of methoxy groups -OCH3 is 1. The van der Waals surface area contributed by atoms with Crippen molar-refractivity contribution in [3.8, 4) is 0 Å². The zero-order chi connectivity index (χ0) is 8.69. The van der Waals surface area contributed by atoms with Crippen LogP contribution in [-0.4, -0.2) is 24.3 Å². The zero-order valence-electron chi connectivity index (χ0n) is 6.49. The van der Waals surface area contributed by atoms with Gasteiger partial charge in [0, 0.05) is 7.11 Å². The van der Waals surface area contributed by atoms with E-state index in [-0.39, 0.29) is 12.5 Å². The number of hydrogen-bond donors (Lipinski definition) is 1. The highest BCUT2D eigenvalue weighted by molar-refractivity contribution is 5.67. The molecular weight excluding hydrogens is 144 g/mol. The summed E-state index contributed by atoms with van der Waals surface area (Å²) >= 11 is 0. The van der Waals surface area contributed by atoms with Crippen LogP contribution in [0.1, 0.15) is 6.42 Å². The maximum atomic E-state index is 10.2. The third-order valence-electron chi connectivity index (χ3n) is 1.14. The molecule has 0 radical (unpaired) electrons. The highest BCUT2D eigenvalue weighted by atomic mass is 16.5. The molecule has 0 aromatic heterocycles. The SMILES string of the molecule is C=C/C=C/C(CC(=O)O)OC. The molecule has 1 unspecified atom stereocenters. The summed E-state index contributed by atoms with van der Waals surface area (Å²) in [6.07, 6.45) is 4.53. The van der Waals surface area contributed by atoms with E-state index < -0.39 is 5.97 Å². The number of carbonyl (C=O) groups is 1. The highest BCUT2D eigenvalue weighted by Crippen LogP contribution is 1.98. The summed E-state index contributed by atoms with van der Waals surface area (Å²) in [6, 6.07) is 0. The molecule has 1 N–H and O–H groups in total. The van der Waals surface area contributed by atoms with Crippen molar-refractivity contribution >= 4 is 5.97 Å². The summed E-state index contributed by atoms with van der Waals surface area (Å²) in [5.74, 6) is -0.870. The van der Waals surface area contributed by atoms with Crippen LogP contribution in [0.15, 0.2) is 24.8 Å². The van der Waals surface area contributed by atoms with Crippen LogP contribution < -0.4 is 0 Å². The van der Waals surface area contributed by atoms with E-state index >= 15 is 0 Å². The Kier molecular flexibility index (Phi) is 5.11. The fraction of sp³-hybridized carbons (Fsp3) is 0.375. The van der Waals surface area contributed by atoms with Gasteiger partial charge < -0.3 is 9.84 Å². The van der Waals surface area contributed by atoms with E-state index in [2.05, 4.69) is 6.58 Å². The zero-order valence-corrected chi connectivity index (χ0v) is 6.49. The van der Waals surface area contributed by atoms with Gasteiger partial charge in [-0.2, -0.15) is 0 Å². The molecule has 0 aliphatic heterocycles. The summed E-state index contributed by atoms with van der Waals surface area (Å²) in [5, 5.41) is 8.37. The largest absolute Gasteiger partial charge is 0.481 e. The number of hydrogen-bond acceptors (Lipinski definition) is 2. The molecule has 0 aromatic rings. The molecule has 11 heavy (non-hydrogen) atoms. The monoisotopic (exact) mass is 156 g/mol. The van der Waals surface area contributed by atoms with Crippen LogP contribution in [-0.2, 0) is 9.53 Å². The number of carboxylic acids is 1. The molecule has 62 valence electrons. The highest BCUT2D eigenvalue weighted by Gasteiger charge is 2.06. The van der Waals surface area contributed by atoms with Crippen LogP contribution in [0, 0.1) is 0 Å². The van der Waals surface area contributed by atoms with Gasteiger partial charge in [0.2, 0.25) is 0 Å². The Morgan fingerprint density at radius 3 is 2.82 bits per heavy atom. The first kappa shape index (κ1) is 9.91. The summed E-state index contributed by atoms with van der Waals surface area (Å²) in [6.45, 7) is 3.46. The Hall–Kier alpha value is -1.09. The van der Waals surface area contributed by atoms with Gasteiger partial charge in [0.15, 0.2) is 0 Å². The van der Waals surface area contributed by atoms with Gasteiger partial charge in [-0.15, -0.1) is 0 Å². The first-order chi connectivity index (χ1) is 5.20. The third-order valence-corrected chi connectivity index (χ3v) is 1.14. The second kappa shape index (κ2) is 5.68. The molecule has 0 aliphatic rings. The molecule has 0 rings (SSSR count). The Labute approximate surface area is 66.0 Å². The van der Waals surface area contributed by atoms with Crippen LogP contribution in [0.5, 0.6) is 0 Å². The minimum absolute atomic E-state index is 0.0131. The molecule has 0 aromatic carbocycles. The van der Waals surface area contributed by atoms with Crippen molar-refractivity contribution < 1.29 is 14.6 Å². The first-order valence-corrected chi connectivity index (χ1v) is 3.24. The van der Waals surface area contributed by atoms with Crippen molar-refractivity contribution in [1.29, 1.82) is 0 Å². The molecular formula is C8H12O3. The lowest BCUT2D eigenvalue weighted by Gasteiger charge is -2.05. The Morgan fingerprint density at radius 1 is 1.82 bits per heavy atom. The van der Waals surface area contributed by atoms with Crippen LogP contribution >= 0.6 is 0 Å². The van der Waals surface area contributed by atoms with E-state index in [0.29, 0.717) is 0 Å². The van der Waals surface area contributed by atoms with Gasteiger partial charge in [-0.3, -0.25) is 4.79 Å².